The van der Waals surface area contributed by atoms with E-state index in [0.717, 1.165) is 57.3 Å². The molecule has 0 bridgehead atoms. The topological polar surface area (TPSA) is 66.9 Å². The standard InChI is InChI=1S/C31H27BrN4O/c32-28-15-5-4-14-26(28)31(37)33-18-7-6-9-22-10-8-11-23(19-22)24-16-17-29-27(20-24)30(35-21-34-29)36-25-12-2-1-3-13-25/h1-5,8,10-17,19-21H,6-7,9,18H2,(H,33,37)(H,34,35,36). The van der Waals surface area contributed by atoms with Crippen LogP contribution in [0.15, 0.2) is 108 Å². The van der Waals surface area contributed by atoms with Crippen molar-refractivity contribution >= 4 is 44.2 Å². The Labute approximate surface area is 225 Å². The van der Waals surface area contributed by atoms with Crippen LogP contribution >= 0.6 is 15.9 Å². The molecule has 1 amide bonds. The third kappa shape index (κ3) is 6.22. The Morgan fingerprint density at radius 3 is 2.46 bits per heavy atom. The zero-order chi connectivity index (χ0) is 25.5. The van der Waals surface area contributed by atoms with Crippen molar-refractivity contribution in [1.29, 1.82) is 0 Å². The molecule has 0 spiro atoms. The lowest BCUT2D eigenvalue weighted by molar-refractivity contribution is 0.0952. The molecule has 1 heterocycles. The quantitative estimate of drug-likeness (QED) is 0.186. The van der Waals surface area contributed by atoms with Crippen molar-refractivity contribution in [2.75, 3.05) is 11.9 Å². The molecule has 5 nitrogen and oxygen atoms in total. The Hall–Kier alpha value is -4.03. The highest BCUT2D eigenvalue weighted by Gasteiger charge is 2.09. The van der Waals surface area contributed by atoms with Crippen LogP contribution in [0.1, 0.15) is 28.8 Å². The molecule has 0 atom stereocenters. The molecule has 0 aliphatic carbocycles. The molecule has 184 valence electrons. The van der Waals surface area contributed by atoms with Crippen molar-refractivity contribution in [3.8, 4) is 11.1 Å². The van der Waals surface area contributed by atoms with Gasteiger partial charge in [-0.15, -0.1) is 0 Å². The highest BCUT2D eigenvalue weighted by atomic mass is 79.9. The van der Waals surface area contributed by atoms with E-state index < -0.39 is 0 Å². The van der Waals surface area contributed by atoms with E-state index in [2.05, 4.69) is 72.9 Å². The first-order valence-electron chi connectivity index (χ1n) is 12.4. The lowest BCUT2D eigenvalue weighted by atomic mass is 9.99. The lowest BCUT2D eigenvalue weighted by Crippen LogP contribution is -2.24. The number of amides is 1. The minimum Gasteiger partial charge on any atom is -0.352 e. The van der Waals surface area contributed by atoms with Gasteiger partial charge in [0.1, 0.15) is 12.1 Å². The van der Waals surface area contributed by atoms with Crippen LogP contribution in [0.4, 0.5) is 11.5 Å². The number of anilines is 2. The molecule has 1 aromatic heterocycles. The first-order chi connectivity index (χ1) is 18.2. The summed E-state index contributed by atoms with van der Waals surface area (Å²) in [5, 5.41) is 7.41. The Balaban J connectivity index is 1.23. The predicted molar refractivity (Wildman–Crippen MR) is 154 cm³/mol. The Kier molecular flexibility index (Phi) is 7.87. The van der Waals surface area contributed by atoms with Crippen LogP contribution in [0.25, 0.3) is 22.0 Å². The van der Waals surface area contributed by atoms with Gasteiger partial charge in [-0.3, -0.25) is 4.79 Å². The van der Waals surface area contributed by atoms with Gasteiger partial charge in [0.2, 0.25) is 0 Å². The third-order valence-corrected chi connectivity index (χ3v) is 6.92. The number of carbonyl (C=O) groups excluding carboxylic acids is 1. The zero-order valence-corrected chi connectivity index (χ0v) is 21.9. The van der Waals surface area contributed by atoms with Crippen LogP contribution in [-0.4, -0.2) is 22.4 Å². The van der Waals surface area contributed by atoms with E-state index in [1.807, 2.05) is 60.7 Å². The van der Waals surface area contributed by atoms with Crippen molar-refractivity contribution < 1.29 is 4.79 Å². The summed E-state index contributed by atoms with van der Waals surface area (Å²) in [5.41, 5.74) is 6.12. The number of para-hydroxylation sites is 1. The first-order valence-corrected chi connectivity index (χ1v) is 13.2. The molecule has 0 saturated heterocycles. The number of hydrogen-bond donors (Lipinski definition) is 2. The molecular weight excluding hydrogens is 524 g/mol. The number of hydrogen-bond acceptors (Lipinski definition) is 4. The normalized spacial score (nSPS) is 10.8. The Morgan fingerprint density at radius 2 is 1.59 bits per heavy atom. The average Bonchev–Trinajstić information content (AvgIpc) is 2.94. The second-order valence-corrected chi connectivity index (χ2v) is 9.69. The maximum absolute atomic E-state index is 12.4. The van der Waals surface area contributed by atoms with Crippen molar-refractivity contribution in [2.45, 2.75) is 19.3 Å². The van der Waals surface area contributed by atoms with Crippen LogP contribution in [0, 0.1) is 0 Å². The molecule has 0 radical (unpaired) electrons. The minimum absolute atomic E-state index is 0.0455. The Bertz CT molecular complexity index is 1520. The van der Waals surface area contributed by atoms with E-state index in [4.69, 9.17) is 0 Å². The summed E-state index contributed by atoms with van der Waals surface area (Å²) in [4.78, 5) is 21.3. The smallest absolute Gasteiger partial charge is 0.252 e. The van der Waals surface area contributed by atoms with Gasteiger partial charge < -0.3 is 10.6 Å². The maximum Gasteiger partial charge on any atom is 0.252 e. The van der Waals surface area contributed by atoms with Crippen LogP contribution in [-0.2, 0) is 6.42 Å². The first kappa shape index (κ1) is 24.7. The molecule has 6 heteroatoms. The van der Waals surface area contributed by atoms with E-state index in [0.29, 0.717) is 12.1 Å². The van der Waals surface area contributed by atoms with Gasteiger partial charge in [-0.2, -0.15) is 0 Å². The molecule has 0 fully saturated rings. The number of unbranched alkanes of at least 4 members (excludes halogenated alkanes) is 1. The van der Waals surface area contributed by atoms with Gasteiger partial charge in [0.05, 0.1) is 11.1 Å². The largest absolute Gasteiger partial charge is 0.352 e. The summed E-state index contributed by atoms with van der Waals surface area (Å²) in [6.45, 7) is 0.654. The number of aromatic nitrogens is 2. The van der Waals surface area contributed by atoms with Crippen molar-refractivity contribution in [1.82, 2.24) is 15.3 Å². The van der Waals surface area contributed by atoms with Crippen LogP contribution in [0.2, 0.25) is 0 Å². The molecule has 5 rings (SSSR count). The zero-order valence-electron chi connectivity index (χ0n) is 20.3. The molecular formula is C31H27BrN4O. The van der Waals surface area contributed by atoms with Gasteiger partial charge in [0.15, 0.2) is 0 Å². The molecule has 5 aromatic rings. The van der Waals surface area contributed by atoms with Gasteiger partial charge in [-0.25, -0.2) is 9.97 Å². The molecule has 0 aliphatic heterocycles. The predicted octanol–water partition coefficient (Wildman–Crippen LogP) is 7.56. The minimum atomic E-state index is -0.0455. The van der Waals surface area contributed by atoms with Gasteiger partial charge >= 0.3 is 0 Å². The molecule has 4 aromatic carbocycles. The van der Waals surface area contributed by atoms with E-state index >= 15 is 0 Å². The number of nitrogens with zero attached hydrogens (tertiary/aromatic N) is 2. The van der Waals surface area contributed by atoms with Crippen molar-refractivity contribution in [3.05, 3.63) is 119 Å². The van der Waals surface area contributed by atoms with E-state index in [-0.39, 0.29) is 5.91 Å². The molecule has 2 N–H and O–H groups in total. The summed E-state index contributed by atoms with van der Waals surface area (Å²) < 4.78 is 0.813. The van der Waals surface area contributed by atoms with E-state index in [9.17, 15) is 4.79 Å². The number of carbonyl (C=O) groups is 1. The van der Waals surface area contributed by atoms with Gasteiger partial charge in [0.25, 0.3) is 5.91 Å². The van der Waals surface area contributed by atoms with Crippen LogP contribution in [0.5, 0.6) is 0 Å². The summed E-state index contributed by atoms with van der Waals surface area (Å²) in [6.07, 6.45) is 4.46. The maximum atomic E-state index is 12.4. The number of aryl methyl sites for hydroxylation is 1. The number of halogens is 1. The molecule has 0 aliphatic rings. The fraction of sp³-hybridized carbons (Fsp3) is 0.129. The van der Waals surface area contributed by atoms with Gasteiger partial charge in [-0.1, -0.05) is 60.7 Å². The van der Waals surface area contributed by atoms with E-state index in [1.54, 1.807) is 6.33 Å². The number of rotatable bonds is 9. The fourth-order valence-corrected chi connectivity index (χ4v) is 4.76. The van der Waals surface area contributed by atoms with E-state index in [1.165, 1.54) is 5.56 Å². The highest BCUT2D eigenvalue weighted by Crippen LogP contribution is 2.29. The van der Waals surface area contributed by atoms with Crippen LogP contribution < -0.4 is 10.6 Å². The fourth-order valence-electron chi connectivity index (χ4n) is 4.30. The second-order valence-electron chi connectivity index (χ2n) is 8.84. The third-order valence-electron chi connectivity index (χ3n) is 6.23. The summed E-state index contributed by atoms with van der Waals surface area (Å²) >= 11 is 3.44. The van der Waals surface area contributed by atoms with Crippen molar-refractivity contribution in [3.63, 3.8) is 0 Å². The summed E-state index contributed by atoms with van der Waals surface area (Å²) in [7, 11) is 0. The van der Waals surface area contributed by atoms with Crippen LogP contribution in [0.3, 0.4) is 0 Å². The lowest BCUT2D eigenvalue weighted by Gasteiger charge is -2.11. The SMILES string of the molecule is O=C(NCCCCc1cccc(-c2ccc3ncnc(Nc4ccccc4)c3c2)c1)c1ccccc1Br. The summed E-state index contributed by atoms with van der Waals surface area (Å²) in [5.74, 6) is 0.745. The average molecular weight is 551 g/mol. The monoisotopic (exact) mass is 550 g/mol. The van der Waals surface area contributed by atoms with Crippen molar-refractivity contribution in [2.24, 2.45) is 0 Å². The molecule has 37 heavy (non-hydrogen) atoms. The Morgan fingerprint density at radius 1 is 0.784 bits per heavy atom. The number of nitrogens with one attached hydrogen (secondary N) is 2. The highest BCUT2D eigenvalue weighted by molar-refractivity contribution is 9.10. The molecule has 0 unspecified atom stereocenters. The van der Waals surface area contributed by atoms with Gasteiger partial charge in [-0.05, 0) is 88.3 Å². The number of benzene rings is 4. The number of fused-ring (bicyclic) bond motifs is 1. The second kappa shape index (κ2) is 11.8. The van der Waals surface area contributed by atoms with Gasteiger partial charge in [0, 0.05) is 22.1 Å². The molecule has 0 saturated carbocycles. The summed E-state index contributed by atoms with van der Waals surface area (Å²) in [6, 6.07) is 32.5.